The van der Waals surface area contributed by atoms with Crippen molar-refractivity contribution in [2.24, 2.45) is 0 Å². The molecule has 2 aromatic carbocycles. The van der Waals surface area contributed by atoms with Crippen molar-refractivity contribution in [1.29, 1.82) is 0 Å². The van der Waals surface area contributed by atoms with Crippen LogP contribution in [-0.4, -0.2) is 16.0 Å². The van der Waals surface area contributed by atoms with Gasteiger partial charge in [0.05, 0.1) is 10.8 Å². The second-order valence-corrected chi connectivity index (χ2v) is 6.49. The summed E-state index contributed by atoms with van der Waals surface area (Å²) in [5, 5.41) is 3.46. The van der Waals surface area contributed by atoms with Crippen LogP contribution in [0.3, 0.4) is 0 Å². The zero-order chi connectivity index (χ0) is 20.4. The standard InChI is InChI=1S/C20H14N4O4S/c25-16-12-8-4-5-9-15(12)28-19-13(16)10-14(17(26)22-19)18(27)23-24-20(29)21-11-6-2-1-3-7-11/h1-10H,(H,22,26)(H,23,27)(H2,21,24,29). The first-order valence-electron chi connectivity index (χ1n) is 8.54. The summed E-state index contributed by atoms with van der Waals surface area (Å²) in [6.45, 7) is 0. The Morgan fingerprint density at radius 2 is 1.66 bits per heavy atom. The normalized spacial score (nSPS) is 10.6. The summed E-state index contributed by atoms with van der Waals surface area (Å²) in [6, 6.07) is 17.0. The lowest BCUT2D eigenvalue weighted by molar-refractivity contribution is 0.0943. The van der Waals surface area contributed by atoms with E-state index in [-0.39, 0.29) is 27.2 Å². The predicted molar refractivity (Wildman–Crippen MR) is 114 cm³/mol. The van der Waals surface area contributed by atoms with Crippen LogP contribution >= 0.6 is 12.2 Å². The van der Waals surface area contributed by atoms with Crippen LogP contribution in [0.1, 0.15) is 10.4 Å². The molecule has 29 heavy (non-hydrogen) atoms. The van der Waals surface area contributed by atoms with Crippen LogP contribution in [0.5, 0.6) is 0 Å². The van der Waals surface area contributed by atoms with E-state index in [9.17, 15) is 14.4 Å². The number of anilines is 1. The van der Waals surface area contributed by atoms with Gasteiger partial charge in [0.25, 0.3) is 11.5 Å². The van der Waals surface area contributed by atoms with Gasteiger partial charge in [-0.05, 0) is 42.5 Å². The minimum absolute atomic E-state index is 0.00414. The lowest BCUT2D eigenvalue weighted by Crippen LogP contribution is -2.45. The molecule has 0 aliphatic heterocycles. The van der Waals surface area contributed by atoms with E-state index in [1.165, 1.54) is 6.07 Å². The molecule has 0 bridgehead atoms. The third-order valence-corrected chi connectivity index (χ3v) is 4.36. The van der Waals surface area contributed by atoms with Gasteiger partial charge >= 0.3 is 0 Å². The van der Waals surface area contributed by atoms with Crippen LogP contribution in [0.15, 0.2) is 74.7 Å². The fraction of sp³-hybridized carbons (Fsp3) is 0. The Labute approximate surface area is 168 Å². The summed E-state index contributed by atoms with van der Waals surface area (Å²) >= 11 is 5.10. The van der Waals surface area contributed by atoms with Gasteiger partial charge < -0.3 is 9.73 Å². The fourth-order valence-corrected chi connectivity index (χ4v) is 2.96. The van der Waals surface area contributed by atoms with Crippen molar-refractivity contribution in [3.8, 4) is 0 Å². The van der Waals surface area contributed by atoms with Crippen LogP contribution < -0.4 is 27.2 Å². The second kappa shape index (κ2) is 7.56. The Balaban J connectivity index is 1.59. The van der Waals surface area contributed by atoms with Crippen molar-refractivity contribution in [2.75, 3.05) is 5.32 Å². The Morgan fingerprint density at radius 1 is 0.931 bits per heavy atom. The molecule has 0 fully saturated rings. The molecule has 9 heteroatoms. The van der Waals surface area contributed by atoms with E-state index in [4.69, 9.17) is 16.6 Å². The van der Waals surface area contributed by atoms with E-state index in [0.29, 0.717) is 11.0 Å². The van der Waals surface area contributed by atoms with Gasteiger partial charge in [-0.15, -0.1) is 0 Å². The zero-order valence-corrected chi connectivity index (χ0v) is 15.6. The fourth-order valence-electron chi connectivity index (χ4n) is 2.79. The highest BCUT2D eigenvalue weighted by atomic mass is 32.1. The molecule has 0 spiro atoms. The molecule has 8 nitrogen and oxygen atoms in total. The highest BCUT2D eigenvalue weighted by Gasteiger charge is 2.16. The van der Waals surface area contributed by atoms with Crippen molar-refractivity contribution in [2.45, 2.75) is 0 Å². The molecule has 2 aromatic heterocycles. The molecule has 2 heterocycles. The lowest BCUT2D eigenvalue weighted by atomic mass is 10.1. The Kier molecular flexibility index (Phi) is 4.80. The number of fused-ring (bicyclic) bond motifs is 2. The highest BCUT2D eigenvalue weighted by molar-refractivity contribution is 7.80. The van der Waals surface area contributed by atoms with Crippen molar-refractivity contribution >= 4 is 51.0 Å². The number of thiocarbonyl (C=S) groups is 1. The average molecular weight is 406 g/mol. The minimum Gasteiger partial charge on any atom is -0.439 e. The molecule has 0 unspecified atom stereocenters. The first-order chi connectivity index (χ1) is 14.0. The maximum atomic E-state index is 12.7. The summed E-state index contributed by atoms with van der Waals surface area (Å²) < 4.78 is 5.57. The number of hydrazine groups is 1. The molecule has 0 aliphatic carbocycles. The molecule has 144 valence electrons. The molecule has 0 saturated carbocycles. The number of hydrogen-bond donors (Lipinski definition) is 4. The van der Waals surface area contributed by atoms with E-state index < -0.39 is 11.5 Å². The van der Waals surface area contributed by atoms with Crippen LogP contribution in [0.25, 0.3) is 22.1 Å². The summed E-state index contributed by atoms with van der Waals surface area (Å²) in [6.07, 6.45) is 0. The van der Waals surface area contributed by atoms with Crippen LogP contribution in [0.4, 0.5) is 5.69 Å². The van der Waals surface area contributed by atoms with Gasteiger partial charge in [0.15, 0.2) is 5.11 Å². The second-order valence-electron chi connectivity index (χ2n) is 6.08. The van der Waals surface area contributed by atoms with Gasteiger partial charge in [-0.25, -0.2) is 0 Å². The first-order valence-corrected chi connectivity index (χ1v) is 8.95. The van der Waals surface area contributed by atoms with E-state index in [1.807, 2.05) is 18.2 Å². The van der Waals surface area contributed by atoms with E-state index in [0.717, 1.165) is 5.69 Å². The summed E-state index contributed by atoms with van der Waals surface area (Å²) in [5.74, 6) is -0.752. The number of nitrogens with one attached hydrogen (secondary N) is 4. The van der Waals surface area contributed by atoms with E-state index >= 15 is 0 Å². The SMILES string of the molecule is O=C(NNC(=S)Nc1ccccc1)c1cc2c(=O)c3ccccc3oc2[nH]c1=O. The number of carbonyl (C=O) groups is 1. The topological polar surface area (TPSA) is 116 Å². The van der Waals surface area contributed by atoms with Gasteiger partial charge in [-0.2, -0.15) is 0 Å². The van der Waals surface area contributed by atoms with Gasteiger partial charge in [0.2, 0.25) is 11.1 Å². The van der Waals surface area contributed by atoms with Crippen molar-refractivity contribution in [3.63, 3.8) is 0 Å². The molecular formula is C20H14N4O4S. The minimum atomic E-state index is -0.752. The number of amides is 1. The van der Waals surface area contributed by atoms with Gasteiger partial charge in [0.1, 0.15) is 11.1 Å². The number of aromatic nitrogens is 1. The Bertz CT molecular complexity index is 1360. The smallest absolute Gasteiger partial charge is 0.275 e. The molecule has 4 rings (SSSR count). The molecule has 0 radical (unpaired) electrons. The van der Waals surface area contributed by atoms with Crippen LogP contribution in [0, 0.1) is 0 Å². The predicted octanol–water partition coefficient (Wildman–Crippen LogP) is 2.27. The number of benzene rings is 2. The number of carbonyl (C=O) groups excluding carboxylic acids is 1. The first kappa shape index (κ1) is 18.4. The summed E-state index contributed by atoms with van der Waals surface area (Å²) in [4.78, 5) is 39.9. The highest BCUT2D eigenvalue weighted by Crippen LogP contribution is 2.16. The molecule has 0 saturated heterocycles. The number of aromatic amines is 1. The zero-order valence-electron chi connectivity index (χ0n) is 14.8. The van der Waals surface area contributed by atoms with Gasteiger partial charge in [0, 0.05) is 5.69 Å². The number of hydrogen-bond acceptors (Lipinski definition) is 5. The molecule has 4 aromatic rings. The molecule has 4 N–H and O–H groups in total. The number of H-pyrrole nitrogens is 1. The van der Waals surface area contributed by atoms with Crippen molar-refractivity contribution in [1.82, 2.24) is 15.8 Å². The number of para-hydroxylation sites is 2. The summed E-state index contributed by atoms with van der Waals surface area (Å²) in [5.41, 5.74) is 4.63. The van der Waals surface area contributed by atoms with Crippen molar-refractivity contribution in [3.05, 3.63) is 86.8 Å². The third-order valence-electron chi connectivity index (χ3n) is 4.16. The monoisotopic (exact) mass is 406 g/mol. The molecule has 0 atom stereocenters. The maximum absolute atomic E-state index is 12.7. The molecular weight excluding hydrogens is 392 g/mol. The summed E-state index contributed by atoms with van der Waals surface area (Å²) in [7, 11) is 0. The third kappa shape index (κ3) is 3.71. The maximum Gasteiger partial charge on any atom is 0.275 e. The van der Waals surface area contributed by atoms with Gasteiger partial charge in [-0.3, -0.25) is 30.2 Å². The van der Waals surface area contributed by atoms with Gasteiger partial charge in [-0.1, -0.05) is 30.3 Å². The lowest BCUT2D eigenvalue weighted by Gasteiger charge is -2.11. The van der Waals surface area contributed by atoms with Crippen molar-refractivity contribution < 1.29 is 9.21 Å². The van der Waals surface area contributed by atoms with E-state index in [2.05, 4.69) is 21.2 Å². The Hall–Kier alpha value is -3.98. The Morgan fingerprint density at radius 3 is 2.45 bits per heavy atom. The number of rotatable bonds is 2. The van der Waals surface area contributed by atoms with E-state index in [1.54, 1.807) is 36.4 Å². The quantitative estimate of drug-likeness (QED) is 0.229. The largest absolute Gasteiger partial charge is 0.439 e. The molecule has 0 aliphatic rings. The average Bonchev–Trinajstić information content (AvgIpc) is 2.72. The van der Waals surface area contributed by atoms with Crippen LogP contribution in [0.2, 0.25) is 0 Å². The van der Waals surface area contributed by atoms with Crippen LogP contribution in [-0.2, 0) is 0 Å². The number of pyridine rings is 1. The molecule has 1 amide bonds.